The van der Waals surface area contributed by atoms with Gasteiger partial charge < -0.3 is 10.2 Å². The van der Waals surface area contributed by atoms with Gasteiger partial charge in [0.05, 0.1) is 23.2 Å². The standard InChI is InChI=1S/C20H26N4O6S/c1-31(28,29)17-11-9-15(10-12-17)18-14-19(21-20(25)8-5-13-30-24(26)27)22-23(18)16-6-3-2-4-7-16/h9-12,14,16H,2-8,13H2,1H3,(H,21,22,25). The van der Waals surface area contributed by atoms with Crippen LogP contribution in [0.2, 0.25) is 0 Å². The number of carbonyl (C=O) groups excluding carboxylic acids is 1. The number of nitrogens with zero attached hydrogens (tertiary/aromatic N) is 3. The average molecular weight is 451 g/mol. The molecule has 1 aromatic heterocycles. The van der Waals surface area contributed by atoms with E-state index in [1.807, 2.05) is 4.68 Å². The zero-order chi connectivity index (χ0) is 22.4. The Morgan fingerprint density at radius 2 is 1.94 bits per heavy atom. The number of aromatic nitrogens is 2. The van der Waals surface area contributed by atoms with Gasteiger partial charge in [-0.3, -0.25) is 9.48 Å². The molecule has 0 radical (unpaired) electrons. The van der Waals surface area contributed by atoms with Gasteiger partial charge in [-0.15, -0.1) is 10.1 Å². The molecule has 1 fully saturated rings. The van der Waals surface area contributed by atoms with Crippen molar-refractivity contribution in [1.29, 1.82) is 0 Å². The molecule has 0 spiro atoms. The third-order valence-corrected chi connectivity index (χ3v) is 6.38. The van der Waals surface area contributed by atoms with Crippen LogP contribution in [0.3, 0.4) is 0 Å². The van der Waals surface area contributed by atoms with Crippen molar-refractivity contribution >= 4 is 21.6 Å². The molecule has 1 aromatic carbocycles. The summed E-state index contributed by atoms with van der Waals surface area (Å²) in [6.07, 6.45) is 6.83. The van der Waals surface area contributed by atoms with E-state index in [9.17, 15) is 23.3 Å². The Morgan fingerprint density at radius 1 is 1.26 bits per heavy atom. The van der Waals surface area contributed by atoms with Crippen LogP contribution in [0.25, 0.3) is 11.3 Å². The highest BCUT2D eigenvalue weighted by atomic mass is 32.2. The number of rotatable bonds is 9. The van der Waals surface area contributed by atoms with E-state index < -0.39 is 14.9 Å². The van der Waals surface area contributed by atoms with Crippen molar-refractivity contribution in [2.75, 3.05) is 18.2 Å². The van der Waals surface area contributed by atoms with Crippen LogP contribution in [-0.4, -0.2) is 42.1 Å². The Labute approximate surface area is 180 Å². The number of hydrogen-bond acceptors (Lipinski definition) is 7. The molecule has 1 N–H and O–H groups in total. The van der Waals surface area contributed by atoms with Gasteiger partial charge in [0.25, 0.3) is 5.09 Å². The van der Waals surface area contributed by atoms with Crippen LogP contribution in [0.15, 0.2) is 35.2 Å². The Morgan fingerprint density at radius 3 is 2.55 bits per heavy atom. The number of sulfone groups is 1. The number of amides is 1. The molecule has 0 bridgehead atoms. The van der Waals surface area contributed by atoms with Gasteiger partial charge in [0.1, 0.15) is 0 Å². The normalized spacial score (nSPS) is 14.9. The smallest absolute Gasteiger partial charge is 0.294 e. The summed E-state index contributed by atoms with van der Waals surface area (Å²) in [7, 11) is -3.29. The fraction of sp³-hybridized carbons (Fsp3) is 0.500. The molecule has 168 valence electrons. The Bertz CT molecular complexity index is 1030. The molecule has 1 saturated carbocycles. The Balaban J connectivity index is 1.79. The lowest BCUT2D eigenvalue weighted by atomic mass is 9.95. The molecule has 11 heteroatoms. The molecule has 31 heavy (non-hydrogen) atoms. The SMILES string of the molecule is CS(=O)(=O)c1ccc(-c2cc(NC(=O)CCCO[N+](=O)[O-])nn2C2CCCCC2)cc1. The van der Waals surface area contributed by atoms with Crippen molar-refractivity contribution in [3.8, 4) is 11.3 Å². The molecule has 1 amide bonds. The summed E-state index contributed by atoms with van der Waals surface area (Å²) in [5.41, 5.74) is 1.62. The van der Waals surface area contributed by atoms with Crippen molar-refractivity contribution < 1.29 is 23.1 Å². The quantitative estimate of drug-likeness (QED) is 0.352. The minimum Gasteiger partial charge on any atom is -0.314 e. The Kier molecular flexibility index (Phi) is 7.26. The van der Waals surface area contributed by atoms with Crippen molar-refractivity contribution in [1.82, 2.24) is 9.78 Å². The highest BCUT2D eigenvalue weighted by Crippen LogP contribution is 2.34. The van der Waals surface area contributed by atoms with Gasteiger partial charge in [0.15, 0.2) is 15.7 Å². The zero-order valence-corrected chi connectivity index (χ0v) is 18.1. The molecule has 1 heterocycles. The zero-order valence-electron chi connectivity index (χ0n) is 17.3. The minimum atomic E-state index is -3.29. The summed E-state index contributed by atoms with van der Waals surface area (Å²) in [5, 5.41) is 16.6. The molecule has 2 aromatic rings. The number of nitrogens with one attached hydrogen (secondary N) is 1. The van der Waals surface area contributed by atoms with Crippen LogP contribution >= 0.6 is 0 Å². The summed E-state index contributed by atoms with van der Waals surface area (Å²) >= 11 is 0. The second-order valence-electron chi connectivity index (χ2n) is 7.66. The van der Waals surface area contributed by atoms with Crippen LogP contribution in [0, 0.1) is 10.1 Å². The van der Waals surface area contributed by atoms with E-state index in [0.29, 0.717) is 5.82 Å². The van der Waals surface area contributed by atoms with Crippen molar-refractivity contribution in [3.05, 3.63) is 40.4 Å². The van der Waals surface area contributed by atoms with E-state index in [1.165, 1.54) is 12.7 Å². The highest BCUT2D eigenvalue weighted by molar-refractivity contribution is 7.90. The number of carbonyl (C=O) groups is 1. The van der Waals surface area contributed by atoms with Gasteiger partial charge in [-0.2, -0.15) is 5.10 Å². The van der Waals surface area contributed by atoms with E-state index in [1.54, 1.807) is 30.3 Å². The molecular formula is C20H26N4O6S. The highest BCUT2D eigenvalue weighted by Gasteiger charge is 2.22. The Hall–Kier alpha value is -2.95. The lowest BCUT2D eigenvalue weighted by Crippen LogP contribution is -2.17. The molecular weight excluding hydrogens is 424 g/mol. The van der Waals surface area contributed by atoms with E-state index in [-0.39, 0.29) is 36.3 Å². The second kappa shape index (κ2) is 9.90. The monoisotopic (exact) mass is 450 g/mol. The first-order valence-electron chi connectivity index (χ1n) is 10.2. The van der Waals surface area contributed by atoms with Gasteiger partial charge in [0.2, 0.25) is 5.91 Å². The summed E-state index contributed by atoms with van der Waals surface area (Å²) in [4.78, 5) is 26.8. The first kappa shape index (κ1) is 22.7. The molecule has 0 atom stereocenters. The van der Waals surface area contributed by atoms with Crippen LogP contribution < -0.4 is 5.32 Å². The van der Waals surface area contributed by atoms with Gasteiger partial charge in [0, 0.05) is 18.7 Å². The van der Waals surface area contributed by atoms with Gasteiger partial charge in [-0.05, 0) is 37.0 Å². The molecule has 1 aliphatic carbocycles. The van der Waals surface area contributed by atoms with Crippen molar-refractivity contribution in [3.63, 3.8) is 0 Å². The minimum absolute atomic E-state index is 0.0719. The maximum absolute atomic E-state index is 12.2. The third-order valence-electron chi connectivity index (χ3n) is 5.25. The summed E-state index contributed by atoms with van der Waals surface area (Å²) < 4.78 is 25.4. The largest absolute Gasteiger partial charge is 0.314 e. The van der Waals surface area contributed by atoms with Crippen LogP contribution in [0.5, 0.6) is 0 Å². The van der Waals surface area contributed by atoms with Gasteiger partial charge in [-0.25, -0.2) is 8.42 Å². The topological polar surface area (TPSA) is 133 Å². The molecule has 1 aliphatic rings. The summed E-state index contributed by atoms with van der Waals surface area (Å²) in [5.74, 6) is 0.0900. The fourth-order valence-electron chi connectivity index (χ4n) is 3.73. The lowest BCUT2D eigenvalue weighted by Gasteiger charge is -2.24. The molecule has 0 saturated heterocycles. The van der Waals surface area contributed by atoms with Crippen LogP contribution in [0.4, 0.5) is 5.82 Å². The number of hydrogen-bond donors (Lipinski definition) is 1. The molecule has 0 unspecified atom stereocenters. The van der Waals surface area contributed by atoms with E-state index >= 15 is 0 Å². The van der Waals surface area contributed by atoms with E-state index in [2.05, 4.69) is 15.3 Å². The predicted octanol–water partition coefficient (Wildman–Crippen LogP) is 3.39. The lowest BCUT2D eigenvalue weighted by molar-refractivity contribution is -0.757. The number of anilines is 1. The van der Waals surface area contributed by atoms with E-state index in [4.69, 9.17) is 0 Å². The fourth-order valence-corrected chi connectivity index (χ4v) is 4.36. The van der Waals surface area contributed by atoms with Crippen molar-refractivity contribution in [2.24, 2.45) is 0 Å². The first-order valence-corrected chi connectivity index (χ1v) is 12.1. The summed E-state index contributed by atoms with van der Waals surface area (Å²) in [6.45, 7) is -0.144. The third kappa shape index (κ3) is 6.27. The predicted molar refractivity (Wildman–Crippen MR) is 114 cm³/mol. The van der Waals surface area contributed by atoms with E-state index in [0.717, 1.165) is 36.9 Å². The number of benzene rings is 1. The summed E-state index contributed by atoms with van der Waals surface area (Å²) in [6, 6.07) is 8.60. The van der Waals surface area contributed by atoms with Gasteiger partial charge >= 0.3 is 0 Å². The molecule has 3 rings (SSSR count). The average Bonchev–Trinajstić information content (AvgIpc) is 3.15. The van der Waals surface area contributed by atoms with Crippen LogP contribution in [0.1, 0.15) is 51.0 Å². The van der Waals surface area contributed by atoms with Gasteiger partial charge in [-0.1, -0.05) is 31.4 Å². The van der Waals surface area contributed by atoms with Crippen LogP contribution in [-0.2, 0) is 19.5 Å². The maximum Gasteiger partial charge on any atom is 0.294 e. The molecule has 0 aliphatic heterocycles. The maximum atomic E-state index is 12.2. The van der Waals surface area contributed by atoms with Crippen molar-refractivity contribution in [2.45, 2.75) is 55.9 Å². The first-order chi connectivity index (χ1) is 14.7. The second-order valence-corrected chi connectivity index (χ2v) is 9.67. The molecule has 10 nitrogen and oxygen atoms in total.